The third-order valence-electron chi connectivity index (χ3n) is 8.48. The zero-order valence-corrected chi connectivity index (χ0v) is 23.1. The van der Waals surface area contributed by atoms with Gasteiger partial charge in [-0.25, -0.2) is 0 Å². The summed E-state index contributed by atoms with van der Waals surface area (Å²) in [5, 5.41) is 26.0. The number of carbonyl (C=O) groups is 1. The van der Waals surface area contributed by atoms with Crippen molar-refractivity contribution in [2.75, 3.05) is 33.9 Å². The van der Waals surface area contributed by atoms with Crippen molar-refractivity contribution in [2.24, 2.45) is 11.8 Å². The Hall–Kier alpha value is -2.45. The lowest BCUT2D eigenvalue weighted by atomic mass is 9.73. The molecule has 0 spiro atoms. The lowest BCUT2D eigenvalue weighted by Crippen LogP contribution is -2.49. The Labute approximate surface area is 227 Å². The van der Waals surface area contributed by atoms with Crippen LogP contribution in [0.2, 0.25) is 0 Å². The maximum absolute atomic E-state index is 13.5. The van der Waals surface area contributed by atoms with E-state index in [0.29, 0.717) is 44.7 Å². The van der Waals surface area contributed by atoms with Crippen molar-refractivity contribution in [1.82, 2.24) is 10.2 Å². The molecule has 4 rings (SSSR count). The van der Waals surface area contributed by atoms with Crippen LogP contribution in [-0.4, -0.2) is 67.0 Å². The van der Waals surface area contributed by atoms with Gasteiger partial charge in [-0.15, -0.1) is 0 Å². The number of hydrogen-bond donors (Lipinski definition) is 3. The minimum Gasteiger partial charge on any atom is -0.457 e. The van der Waals surface area contributed by atoms with Gasteiger partial charge >= 0.3 is 0 Å². The maximum atomic E-state index is 13.5. The average molecular weight is 525 g/mol. The van der Waals surface area contributed by atoms with Crippen LogP contribution in [0.5, 0.6) is 11.5 Å². The number of aliphatic hydroxyl groups excluding tert-OH is 1. The van der Waals surface area contributed by atoms with Gasteiger partial charge in [0.25, 0.3) is 0 Å². The zero-order chi connectivity index (χ0) is 27.1. The molecule has 1 saturated carbocycles. The molecule has 1 saturated heterocycles. The van der Waals surface area contributed by atoms with Gasteiger partial charge in [0.15, 0.2) is 0 Å². The van der Waals surface area contributed by atoms with Gasteiger partial charge in [-0.1, -0.05) is 36.4 Å². The third-order valence-corrected chi connectivity index (χ3v) is 8.48. The van der Waals surface area contributed by atoms with E-state index in [1.807, 2.05) is 67.4 Å². The van der Waals surface area contributed by atoms with Gasteiger partial charge in [0, 0.05) is 50.2 Å². The van der Waals surface area contributed by atoms with Crippen LogP contribution in [0.1, 0.15) is 56.1 Å². The molecule has 2 aliphatic rings. The molecule has 1 heterocycles. The first-order chi connectivity index (χ1) is 18.4. The Morgan fingerprint density at radius 3 is 2.55 bits per heavy atom. The summed E-state index contributed by atoms with van der Waals surface area (Å²) in [7, 11) is 3.53. The summed E-state index contributed by atoms with van der Waals surface area (Å²) in [5.74, 6) is 1.19. The van der Waals surface area contributed by atoms with E-state index >= 15 is 0 Å². The molecule has 1 amide bonds. The standard InChI is InChI=1S/C31H44N2O5/c1-22-11-4-6-14-28(22)38-29-15-7-5-13-25(29)31(36,16-8-9-18-37-3)24-12-10-17-33(21-24)30(35)23-19-26(32-2)27(34)20-23/h4-7,11,13-15,23-24,26-27,32,34,36H,8-10,12,16-21H2,1-3H3/t23-,24?,26+,27-,31-/m0/s1. The number of aryl methyl sites for hydroxylation is 1. The molecule has 7 heteroatoms. The summed E-state index contributed by atoms with van der Waals surface area (Å²) >= 11 is 0. The van der Waals surface area contributed by atoms with Crippen LogP contribution in [0.15, 0.2) is 48.5 Å². The van der Waals surface area contributed by atoms with Crippen molar-refractivity contribution in [3.05, 3.63) is 59.7 Å². The van der Waals surface area contributed by atoms with E-state index in [0.717, 1.165) is 42.6 Å². The zero-order valence-electron chi connectivity index (χ0n) is 23.1. The Morgan fingerprint density at radius 2 is 1.84 bits per heavy atom. The second-order valence-corrected chi connectivity index (χ2v) is 11.0. The average Bonchev–Trinajstić information content (AvgIpc) is 3.32. The molecule has 1 unspecified atom stereocenters. The fourth-order valence-electron chi connectivity index (χ4n) is 6.26. The highest BCUT2D eigenvalue weighted by atomic mass is 16.5. The molecule has 7 nitrogen and oxygen atoms in total. The Morgan fingerprint density at radius 1 is 1.11 bits per heavy atom. The smallest absolute Gasteiger partial charge is 0.225 e. The molecular weight excluding hydrogens is 480 g/mol. The lowest BCUT2D eigenvalue weighted by Gasteiger charge is -2.44. The molecule has 0 radical (unpaired) electrons. The Balaban J connectivity index is 1.60. The van der Waals surface area contributed by atoms with Crippen molar-refractivity contribution < 1.29 is 24.5 Å². The lowest BCUT2D eigenvalue weighted by molar-refractivity contribution is -0.141. The summed E-state index contributed by atoms with van der Waals surface area (Å²) in [6, 6.07) is 15.6. The third kappa shape index (κ3) is 6.40. The molecule has 2 fully saturated rings. The van der Waals surface area contributed by atoms with E-state index in [2.05, 4.69) is 5.32 Å². The second kappa shape index (κ2) is 13.1. The van der Waals surface area contributed by atoms with Crippen molar-refractivity contribution in [1.29, 1.82) is 0 Å². The predicted molar refractivity (Wildman–Crippen MR) is 148 cm³/mol. The molecule has 5 atom stereocenters. The number of hydrogen-bond acceptors (Lipinski definition) is 6. The van der Waals surface area contributed by atoms with Gasteiger partial charge in [0.05, 0.1) is 11.7 Å². The largest absolute Gasteiger partial charge is 0.457 e. The first-order valence-electron chi connectivity index (χ1n) is 14.1. The number of methoxy groups -OCH3 is 1. The van der Waals surface area contributed by atoms with Crippen molar-refractivity contribution >= 4 is 5.91 Å². The first-order valence-corrected chi connectivity index (χ1v) is 14.1. The molecule has 2 aromatic rings. The number of carbonyl (C=O) groups excluding carboxylic acids is 1. The molecule has 208 valence electrons. The highest BCUT2D eigenvalue weighted by Gasteiger charge is 2.45. The van der Waals surface area contributed by atoms with E-state index in [9.17, 15) is 15.0 Å². The number of benzene rings is 2. The first kappa shape index (κ1) is 28.6. The number of rotatable bonds is 11. The number of ether oxygens (including phenoxy) is 2. The fraction of sp³-hybridized carbons (Fsp3) is 0.581. The van der Waals surface area contributed by atoms with Gasteiger partial charge in [-0.2, -0.15) is 0 Å². The Bertz CT molecular complexity index is 1060. The van der Waals surface area contributed by atoms with Gasteiger partial charge in [-0.05, 0) is 76.6 Å². The summed E-state index contributed by atoms with van der Waals surface area (Å²) in [6.45, 7) is 3.84. The second-order valence-electron chi connectivity index (χ2n) is 11.0. The quantitative estimate of drug-likeness (QED) is 0.378. The van der Waals surface area contributed by atoms with Crippen LogP contribution in [0.3, 0.4) is 0 Å². The van der Waals surface area contributed by atoms with Crippen LogP contribution < -0.4 is 10.1 Å². The maximum Gasteiger partial charge on any atom is 0.225 e. The fourth-order valence-corrected chi connectivity index (χ4v) is 6.26. The van der Waals surface area contributed by atoms with Crippen LogP contribution in [-0.2, 0) is 15.1 Å². The van der Waals surface area contributed by atoms with Gasteiger partial charge in [0.1, 0.15) is 11.5 Å². The van der Waals surface area contributed by atoms with E-state index < -0.39 is 11.7 Å². The van der Waals surface area contributed by atoms with E-state index in [1.54, 1.807) is 7.11 Å². The molecule has 38 heavy (non-hydrogen) atoms. The summed E-state index contributed by atoms with van der Waals surface area (Å²) in [5.41, 5.74) is 0.639. The number of likely N-dealkylation sites (N-methyl/N-ethyl adjacent to an activating group) is 1. The van der Waals surface area contributed by atoms with Crippen LogP contribution in [0, 0.1) is 18.8 Å². The molecule has 0 aromatic heterocycles. The number of amides is 1. The normalized spacial score (nSPS) is 25.2. The number of unbranched alkanes of at least 4 members (excludes halogenated alkanes) is 1. The molecule has 2 aromatic carbocycles. The van der Waals surface area contributed by atoms with Crippen LogP contribution in [0.4, 0.5) is 0 Å². The van der Waals surface area contributed by atoms with Gasteiger partial charge in [-0.3, -0.25) is 4.79 Å². The number of nitrogens with one attached hydrogen (secondary N) is 1. The number of piperidine rings is 1. The van der Waals surface area contributed by atoms with E-state index in [4.69, 9.17) is 9.47 Å². The minimum atomic E-state index is -1.16. The minimum absolute atomic E-state index is 0.0484. The van der Waals surface area contributed by atoms with E-state index in [1.165, 1.54) is 0 Å². The number of para-hydroxylation sites is 2. The Kier molecular flexibility index (Phi) is 9.82. The molecule has 0 bridgehead atoms. The predicted octanol–water partition coefficient (Wildman–Crippen LogP) is 4.39. The number of nitrogens with zero attached hydrogens (tertiary/aromatic N) is 1. The summed E-state index contributed by atoms with van der Waals surface area (Å²) in [6.07, 6.45) is 4.50. The topological polar surface area (TPSA) is 91.3 Å². The van der Waals surface area contributed by atoms with Crippen molar-refractivity contribution in [3.63, 3.8) is 0 Å². The molecule has 1 aliphatic carbocycles. The SMILES string of the molecule is CN[C@@H]1C[C@H](C(=O)N2CCCC([C@@](O)(CCCCOC)c3ccccc3Oc3ccccc3C)C2)C[C@@H]1O. The van der Waals surface area contributed by atoms with E-state index in [-0.39, 0.29) is 23.8 Å². The molecule has 3 N–H and O–H groups in total. The number of likely N-dealkylation sites (tertiary alicyclic amines) is 1. The number of aliphatic hydroxyl groups is 2. The van der Waals surface area contributed by atoms with Crippen molar-refractivity contribution in [3.8, 4) is 11.5 Å². The van der Waals surface area contributed by atoms with Gasteiger partial charge in [0.2, 0.25) is 5.91 Å². The highest BCUT2D eigenvalue weighted by Crippen LogP contribution is 2.45. The summed E-state index contributed by atoms with van der Waals surface area (Å²) < 4.78 is 11.7. The van der Waals surface area contributed by atoms with Crippen LogP contribution in [0.25, 0.3) is 0 Å². The van der Waals surface area contributed by atoms with Crippen molar-refractivity contribution in [2.45, 2.75) is 69.6 Å². The molecular formula is C31H44N2O5. The summed E-state index contributed by atoms with van der Waals surface area (Å²) in [4.78, 5) is 15.5. The monoisotopic (exact) mass is 524 g/mol. The van der Waals surface area contributed by atoms with Crippen LogP contribution >= 0.6 is 0 Å². The molecule has 1 aliphatic heterocycles. The highest BCUT2D eigenvalue weighted by molar-refractivity contribution is 5.79. The van der Waals surface area contributed by atoms with Gasteiger partial charge < -0.3 is 29.9 Å².